The molecule has 0 N–H and O–H groups in total. The zero-order valence-corrected chi connectivity index (χ0v) is 9.67. The highest BCUT2D eigenvalue weighted by Crippen LogP contribution is 2.52. The third kappa shape index (κ3) is 1.91. The van der Waals surface area contributed by atoms with E-state index < -0.39 is 10.1 Å². The van der Waals surface area contributed by atoms with E-state index in [1.54, 1.807) is 0 Å². The van der Waals surface area contributed by atoms with E-state index in [9.17, 15) is 12.8 Å². The summed E-state index contributed by atoms with van der Waals surface area (Å²) in [5, 5.41) is -0.330. The summed E-state index contributed by atoms with van der Waals surface area (Å²) in [6.07, 6.45) is 3.08. The van der Waals surface area contributed by atoms with E-state index in [0.717, 1.165) is 12.8 Å². The molecule has 0 heterocycles. The van der Waals surface area contributed by atoms with Crippen LogP contribution in [0, 0.1) is 17.8 Å². The van der Waals surface area contributed by atoms with E-state index in [1.807, 2.05) is 0 Å². The van der Waals surface area contributed by atoms with Gasteiger partial charge in [0.1, 0.15) is 0 Å². The lowest BCUT2D eigenvalue weighted by molar-refractivity contribution is 0.275. The highest BCUT2D eigenvalue weighted by Gasteiger charge is 2.50. The molecule has 2 fully saturated rings. The summed E-state index contributed by atoms with van der Waals surface area (Å²) < 4.78 is 39.9. The van der Waals surface area contributed by atoms with Gasteiger partial charge in [0, 0.05) is 0 Å². The molecule has 3 nitrogen and oxygen atoms in total. The van der Waals surface area contributed by atoms with Gasteiger partial charge in [0.25, 0.3) is 10.1 Å². The fourth-order valence-corrected chi connectivity index (χ4v) is 4.74. The molecule has 2 saturated carbocycles. The van der Waals surface area contributed by atoms with Gasteiger partial charge < -0.3 is 0 Å². The fraction of sp³-hybridized carbons (Fsp3) is 1.00. The van der Waals surface area contributed by atoms with Gasteiger partial charge in [0.2, 0.25) is 0 Å². The Morgan fingerprint density at radius 2 is 2.00 bits per heavy atom. The van der Waals surface area contributed by atoms with Gasteiger partial charge in [-0.05, 0) is 43.4 Å². The number of halogens is 1. The zero-order valence-electron chi connectivity index (χ0n) is 8.86. The number of fused-ring (bicyclic) bond motifs is 2. The second kappa shape index (κ2) is 4.01. The van der Waals surface area contributed by atoms with E-state index in [4.69, 9.17) is 0 Å². The quantitative estimate of drug-likeness (QED) is 0.698. The van der Waals surface area contributed by atoms with Crippen LogP contribution in [-0.2, 0) is 14.3 Å². The van der Waals surface area contributed by atoms with Gasteiger partial charge in [-0.15, -0.1) is 0 Å². The van der Waals surface area contributed by atoms with Gasteiger partial charge in [-0.2, -0.15) is 8.42 Å². The smallest absolute Gasteiger partial charge is 0.270 e. The Bertz CT molecular complexity index is 328. The molecule has 2 bridgehead atoms. The van der Waals surface area contributed by atoms with Crippen LogP contribution in [0.15, 0.2) is 0 Å². The van der Waals surface area contributed by atoms with Gasteiger partial charge >= 0.3 is 0 Å². The zero-order chi connectivity index (χ0) is 11.1. The molecule has 88 valence electrons. The highest BCUT2D eigenvalue weighted by atomic mass is 32.2. The van der Waals surface area contributed by atoms with E-state index in [-0.39, 0.29) is 17.8 Å². The van der Waals surface area contributed by atoms with Crippen LogP contribution in [-0.4, -0.2) is 27.5 Å². The third-order valence-electron chi connectivity index (χ3n) is 4.02. The van der Waals surface area contributed by atoms with Crippen LogP contribution in [0.3, 0.4) is 0 Å². The average molecular weight is 236 g/mol. The van der Waals surface area contributed by atoms with Crippen LogP contribution >= 0.6 is 0 Å². The number of alkyl halides is 1. The second-order valence-corrected chi connectivity index (χ2v) is 6.59. The van der Waals surface area contributed by atoms with Crippen molar-refractivity contribution < 1.29 is 17.0 Å². The van der Waals surface area contributed by atoms with Crippen molar-refractivity contribution in [2.24, 2.45) is 17.8 Å². The Morgan fingerprint density at radius 1 is 1.27 bits per heavy atom. The third-order valence-corrected chi connectivity index (χ3v) is 5.81. The molecular weight excluding hydrogens is 219 g/mol. The fourth-order valence-electron chi connectivity index (χ4n) is 3.31. The molecule has 0 aromatic rings. The first-order valence-electron chi connectivity index (χ1n) is 5.44. The first-order valence-corrected chi connectivity index (χ1v) is 6.91. The summed E-state index contributed by atoms with van der Waals surface area (Å²) in [4.78, 5) is 0. The van der Waals surface area contributed by atoms with Crippen molar-refractivity contribution in [1.29, 1.82) is 0 Å². The topological polar surface area (TPSA) is 43.4 Å². The maximum Gasteiger partial charge on any atom is 0.270 e. The maximum absolute atomic E-state index is 12.2. The number of hydrogen-bond donors (Lipinski definition) is 0. The van der Waals surface area contributed by atoms with Crippen molar-refractivity contribution in [3.8, 4) is 0 Å². The van der Waals surface area contributed by atoms with Crippen LogP contribution < -0.4 is 0 Å². The molecule has 0 saturated heterocycles. The molecule has 0 aromatic carbocycles. The summed E-state index contributed by atoms with van der Waals surface area (Å²) >= 11 is 0. The van der Waals surface area contributed by atoms with Crippen LogP contribution in [0.4, 0.5) is 4.39 Å². The van der Waals surface area contributed by atoms with E-state index in [1.165, 1.54) is 7.11 Å². The van der Waals surface area contributed by atoms with Crippen molar-refractivity contribution in [1.82, 2.24) is 0 Å². The Hall–Kier alpha value is -0.160. The first-order chi connectivity index (χ1) is 7.08. The van der Waals surface area contributed by atoms with Crippen LogP contribution in [0.1, 0.15) is 25.7 Å². The predicted octanol–water partition coefficient (Wildman–Crippen LogP) is 1.74. The second-order valence-electron chi connectivity index (χ2n) is 4.66. The van der Waals surface area contributed by atoms with E-state index in [0.29, 0.717) is 24.7 Å². The largest absolute Gasteiger partial charge is 0.273 e. The normalized spacial score (nSPS) is 39.9. The Balaban J connectivity index is 2.03. The molecule has 2 aliphatic carbocycles. The van der Waals surface area contributed by atoms with Gasteiger partial charge in [-0.25, -0.2) is 0 Å². The molecular formula is C10H17FO3S. The molecule has 2 rings (SSSR count). The summed E-state index contributed by atoms with van der Waals surface area (Å²) in [6.45, 7) is -0.282. The van der Waals surface area contributed by atoms with Crippen molar-refractivity contribution in [3.05, 3.63) is 0 Å². The summed E-state index contributed by atoms with van der Waals surface area (Å²) in [7, 11) is -2.14. The average Bonchev–Trinajstić information content (AvgIpc) is 2.77. The molecule has 15 heavy (non-hydrogen) atoms. The number of rotatable bonds is 4. The predicted molar refractivity (Wildman–Crippen MR) is 54.6 cm³/mol. The van der Waals surface area contributed by atoms with Crippen LogP contribution in [0.2, 0.25) is 0 Å². The van der Waals surface area contributed by atoms with Gasteiger partial charge in [-0.1, -0.05) is 0 Å². The van der Waals surface area contributed by atoms with Gasteiger partial charge in [0.05, 0.1) is 19.0 Å². The molecule has 4 atom stereocenters. The Kier molecular flexibility index (Phi) is 3.03. The van der Waals surface area contributed by atoms with Gasteiger partial charge in [-0.3, -0.25) is 8.57 Å². The Morgan fingerprint density at radius 3 is 2.47 bits per heavy atom. The summed E-state index contributed by atoms with van der Waals surface area (Å²) in [6, 6.07) is 0. The standard InChI is InChI=1S/C10H17FO3S/c1-14-15(12,13)10-6-8-5-9(10)4-7(8)2-3-11/h7-10H,2-6H2,1H3. The van der Waals surface area contributed by atoms with Gasteiger partial charge in [0.15, 0.2) is 0 Å². The molecule has 4 unspecified atom stereocenters. The lowest BCUT2D eigenvalue weighted by Crippen LogP contribution is -2.30. The van der Waals surface area contributed by atoms with Crippen LogP contribution in [0.5, 0.6) is 0 Å². The maximum atomic E-state index is 12.2. The minimum Gasteiger partial charge on any atom is -0.273 e. The monoisotopic (exact) mass is 236 g/mol. The SMILES string of the molecule is COS(=O)(=O)C1CC2CC1CC2CCF. The minimum absolute atomic E-state index is 0.205. The summed E-state index contributed by atoms with van der Waals surface area (Å²) in [5.74, 6) is 1.01. The van der Waals surface area contributed by atoms with Crippen molar-refractivity contribution in [3.63, 3.8) is 0 Å². The van der Waals surface area contributed by atoms with E-state index >= 15 is 0 Å². The highest BCUT2D eigenvalue weighted by molar-refractivity contribution is 7.87. The molecule has 0 aliphatic heterocycles. The molecule has 0 aromatic heterocycles. The van der Waals surface area contributed by atoms with Crippen molar-refractivity contribution in [2.75, 3.05) is 13.8 Å². The van der Waals surface area contributed by atoms with Crippen LogP contribution in [0.25, 0.3) is 0 Å². The lowest BCUT2D eigenvalue weighted by atomic mass is 9.86. The minimum atomic E-state index is -3.36. The lowest BCUT2D eigenvalue weighted by Gasteiger charge is -2.26. The molecule has 2 aliphatic rings. The Labute approximate surface area is 90.1 Å². The number of hydrogen-bond acceptors (Lipinski definition) is 3. The molecule has 0 amide bonds. The molecule has 0 spiro atoms. The van der Waals surface area contributed by atoms with Crippen molar-refractivity contribution in [2.45, 2.75) is 30.9 Å². The molecule has 0 radical (unpaired) electrons. The molecule has 5 heteroatoms. The summed E-state index contributed by atoms with van der Waals surface area (Å²) in [5.41, 5.74) is 0. The first kappa shape index (κ1) is 11.3. The van der Waals surface area contributed by atoms with E-state index in [2.05, 4.69) is 4.18 Å². The van der Waals surface area contributed by atoms with Crippen molar-refractivity contribution >= 4 is 10.1 Å².